The number of nitrogens with one attached hydrogen (secondary N) is 1. The minimum absolute atomic E-state index is 0.0330. The maximum Gasteiger partial charge on any atom is 0.269 e. The van der Waals surface area contributed by atoms with E-state index in [2.05, 4.69) is 9.98 Å². The molecule has 0 spiro atoms. The largest absolute Gasteiger partial charge is 0.457 e. The van der Waals surface area contributed by atoms with Crippen LogP contribution in [0.15, 0.2) is 99.4 Å². The van der Waals surface area contributed by atoms with Crippen molar-refractivity contribution in [3.8, 4) is 11.3 Å². The molecule has 2 aromatic heterocycles. The third-order valence-corrected chi connectivity index (χ3v) is 8.12. The van der Waals surface area contributed by atoms with Gasteiger partial charge in [0.1, 0.15) is 11.5 Å². The van der Waals surface area contributed by atoms with Crippen LogP contribution in [0.25, 0.3) is 28.3 Å². The van der Waals surface area contributed by atoms with Crippen LogP contribution in [-0.2, 0) is 11.2 Å². The number of non-ortho nitro benzene ring substituents is 1. The summed E-state index contributed by atoms with van der Waals surface area (Å²) in [7, 11) is 0. The van der Waals surface area contributed by atoms with Gasteiger partial charge in [-0.2, -0.15) is 0 Å². The van der Waals surface area contributed by atoms with Crippen LogP contribution in [0.3, 0.4) is 0 Å². The Morgan fingerprint density at radius 2 is 1.85 bits per heavy atom. The molecule has 1 N–H and O–H groups in total. The van der Waals surface area contributed by atoms with Gasteiger partial charge in [-0.25, -0.2) is 4.99 Å². The third kappa shape index (κ3) is 5.65. The van der Waals surface area contributed by atoms with Gasteiger partial charge in [0.25, 0.3) is 11.6 Å². The number of hydrogen-bond acceptors (Lipinski definition) is 6. The average molecular weight is 603 g/mol. The van der Waals surface area contributed by atoms with Crippen molar-refractivity contribution in [3.05, 3.63) is 121 Å². The van der Waals surface area contributed by atoms with E-state index in [0.717, 1.165) is 16.5 Å². The predicted octanol–water partition coefficient (Wildman–Crippen LogP) is 8.49. The number of nitrogens with zero attached hydrogens (tertiary/aromatic N) is 3. The minimum atomic E-state index is -0.465. The van der Waals surface area contributed by atoms with Gasteiger partial charge in [0, 0.05) is 52.4 Å². The smallest absolute Gasteiger partial charge is 0.269 e. The second-order valence-electron chi connectivity index (χ2n) is 9.17. The molecule has 6 rings (SSSR count). The number of para-hydroxylation sites is 1. The van der Waals surface area contributed by atoms with Crippen molar-refractivity contribution in [2.24, 2.45) is 4.99 Å². The van der Waals surface area contributed by atoms with E-state index in [9.17, 15) is 14.9 Å². The molecule has 3 heterocycles. The van der Waals surface area contributed by atoms with Crippen LogP contribution in [-0.4, -0.2) is 32.4 Å². The van der Waals surface area contributed by atoms with Crippen molar-refractivity contribution in [2.45, 2.75) is 6.42 Å². The maximum absolute atomic E-state index is 13.6. The Bertz CT molecular complexity index is 1860. The van der Waals surface area contributed by atoms with E-state index in [1.54, 1.807) is 53.4 Å². The molecule has 1 saturated heterocycles. The Kier molecular flexibility index (Phi) is 7.40. The van der Waals surface area contributed by atoms with E-state index >= 15 is 0 Å². The van der Waals surface area contributed by atoms with E-state index in [0.29, 0.717) is 55.9 Å². The molecule has 8 nitrogen and oxygen atoms in total. The number of rotatable bonds is 7. The molecule has 0 atom stereocenters. The Morgan fingerprint density at radius 1 is 1.05 bits per heavy atom. The molecule has 1 aliphatic rings. The number of carbonyl (C=O) groups excluding carboxylic acids is 1. The first-order valence-electron chi connectivity index (χ1n) is 12.5. The van der Waals surface area contributed by atoms with Crippen LogP contribution < -0.4 is 0 Å². The summed E-state index contributed by atoms with van der Waals surface area (Å²) in [5, 5.41) is 13.7. The van der Waals surface area contributed by atoms with Crippen LogP contribution >= 0.6 is 35.0 Å². The Balaban J connectivity index is 1.31. The molecule has 0 bridgehead atoms. The lowest BCUT2D eigenvalue weighted by Gasteiger charge is -2.15. The summed E-state index contributed by atoms with van der Waals surface area (Å²) in [6, 6.07) is 22.5. The van der Waals surface area contributed by atoms with Gasteiger partial charge in [0.2, 0.25) is 0 Å². The first-order chi connectivity index (χ1) is 19.9. The van der Waals surface area contributed by atoms with Crippen LogP contribution in [0, 0.1) is 10.1 Å². The molecule has 1 fully saturated rings. The van der Waals surface area contributed by atoms with Gasteiger partial charge in [-0.3, -0.25) is 19.8 Å². The highest BCUT2D eigenvalue weighted by Crippen LogP contribution is 2.37. The number of fused-ring (bicyclic) bond motifs is 1. The summed E-state index contributed by atoms with van der Waals surface area (Å²) in [4.78, 5) is 34.2. The second kappa shape index (κ2) is 11.3. The zero-order valence-corrected chi connectivity index (χ0v) is 23.5. The summed E-state index contributed by atoms with van der Waals surface area (Å²) in [6.45, 7) is 0.387. The van der Waals surface area contributed by atoms with Gasteiger partial charge in [0.05, 0.1) is 20.5 Å². The van der Waals surface area contributed by atoms with Gasteiger partial charge >= 0.3 is 0 Å². The van der Waals surface area contributed by atoms with Gasteiger partial charge < -0.3 is 9.40 Å². The van der Waals surface area contributed by atoms with Gasteiger partial charge in [-0.05, 0) is 72.3 Å². The molecule has 204 valence electrons. The zero-order chi connectivity index (χ0) is 28.5. The first kappa shape index (κ1) is 26.9. The van der Waals surface area contributed by atoms with Crippen molar-refractivity contribution in [1.82, 2.24) is 9.88 Å². The van der Waals surface area contributed by atoms with Gasteiger partial charge in [-0.15, -0.1) is 0 Å². The molecular formula is C30H20Cl2N4O4S. The van der Waals surface area contributed by atoms with Gasteiger partial charge in [-0.1, -0.05) is 41.4 Å². The lowest BCUT2D eigenvalue weighted by molar-refractivity contribution is -0.384. The molecule has 3 aromatic carbocycles. The van der Waals surface area contributed by atoms with Crippen molar-refractivity contribution in [2.75, 3.05) is 6.54 Å². The third-order valence-electron chi connectivity index (χ3n) is 6.55. The molecule has 0 unspecified atom stereocenters. The number of halogens is 2. The fourth-order valence-corrected chi connectivity index (χ4v) is 5.90. The Morgan fingerprint density at radius 3 is 2.66 bits per heavy atom. The number of carbonyl (C=O) groups is 1. The lowest BCUT2D eigenvalue weighted by Crippen LogP contribution is -2.31. The molecular weight excluding hydrogens is 583 g/mol. The highest BCUT2D eigenvalue weighted by atomic mass is 35.5. The first-order valence-corrected chi connectivity index (χ1v) is 14.1. The number of amides is 1. The number of hydrogen-bond donors (Lipinski definition) is 1. The number of nitro benzene ring substituents is 1. The fraction of sp³-hybridized carbons (Fsp3) is 0.0667. The summed E-state index contributed by atoms with van der Waals surface area (Å²) >= 11 is 13.7. The number of aromatic nitrogens is 1. The van der Waals surface area contributed by atoms with E-state index in [-0.39, 0.29) is 11.6 Å². The second-order valence-corrected chi connectivity index (χ2v) is 11.0. The number of aliphatic imine (C=N–C) groups is 1. The summed E-state index contributed by atoms with van der Waals surface area (Å²) in [6.07, 6.45) is 4.22. The van der Waals surface area contributed by atoms with Crippen molar-refractivity contribution >= 4 is 74.4 Å². The van der Waals surface area contributed by atoms with Gasteiger partial charge in [0.15, 0.2) is 5.17 Å². The van der Waals surface area contributed by atoms with Crippen molar-refractivity contribution < 1.29 is 14.1 Å². The zero-order valence-electron chi connectivity index (χ0n) is 21.2. The van der Waals surface area contributed by atoms with E-state index in [1.165, 1.54) is 23.9 Å². The van der Waals surface area contributed by atoms with Crippen molar-refractivity contribution in [1.29, 1.82) is 0 Å². The Hall–Kier alpha value is -4.31. The minimum Gasteiger partial charge on any atom is -0.457 e. The highest BCUT2D eigenvalue weighted by molar-refractivity contribution is 8.18. The predicted molar refractivity (Wildman–Crippen MR) is 164 cm³/mol. The normalized spacial score (nSPS) is 15.5. The quantitative estimate of drug-likeness (QED) is 0.114. The summed E-state index contributed by atoms with van der Waals surface area (Å²) in [5.41, 5.74) is 3.22. The number of H-pyrrole nitrogens is 1. The number of amidine groups is 1. The monoisotopic (exact) mass is 602 g/mol. The van der Waals surface area contributed by atoms with Crippen molar-refractivity contribution in [3.63, 3.8) is 0 Å². The SMILES string of the molecule is O=C1/C(=C/c2ccc(-c3cc(Cl)ccc3Cl)o2)SC(=Nc2ccc([N+](=O)[O-])cc2)N1CCc1c[nH]c2ccccc12. The molecule has 0 saturated carbocycles. The molecule has 1 amide bonds. The number of thioether (sulfide) groups is 1. The number of aromatic amines is 1. The summed E-state index contributed by atoms with van der Waals surface area (Å²) < 4.78 is 6.00. The average Bonchev–Trinajstić information content (AvgIpc) is 3.68. The maximum atomic E-state index is 13.6. The molecule has 1 aliphatic heterocycles. The Labute approximate surface area is 248 Å². The lowest BCUT2D eigenvalue weighted by atomic mass is 10.1. The van der Waals surface area contributed by atoms with Crippen LogP contribution in [0.1, 0.15) is 11.3 Å². The summed E-state index contributed by atoms with van der Waals surface area (Å²) in [5.74, 6) is 0.782. The molecule has 0 radical (unpaired) electrons. The number of furan rings is 1. The number of benzene rings is 3. The standard InChI is InChI=1S/C30H20Cl2N4O4S/c31-19-5-11-25(32)24(15-19)27-12-10-22(40-27)16-28-29(37)35(14-13-18-17-33-26-4-2-1-3-23(18)26)30(41-28)34-20-6-8-21(9-7-20)36(38)39/h1-12,15-17,33H,13-14H2/b28-16-,34-30?. The molecule has 5 aromatic rings. The molecule has 41 heavy (non-hydrogen) atoms. The van der Waals surface area contributed by atoms with Crippen LogP contribution in [0.4, 0.5) is 11.4 Å². The van der Waals surface area contributed by atoms with Crippen LogP contribution in [0.2, 0.25) is 10.0 Å². The topological polar surface area (TPSA) is 105 Å². The highest BCUT2D eigenvalue weighted by Gasteiger charge is 2.33. The number of nitro groups is 1. The van der Waals surface area contributed by atoms with E-state index < -0.39 is 4.92 Å². The van der Waals surface area contributed by atoms with E-state index in [1.807, 2.05) is 30.5 Å². The molecule has 11 heteroatoms. The van der Waals surface area contributed by atoms with Crippen LogP contribution in [0.5, 0.6) is 0 Å². The molecule has 0 aliphatic carbocycles. The fourth-order valence-electron chi connectivity index (χ4n) is 4.51. The van der Waals surface area contributed by atoms with E-state index in [4.69, 9.17) is 27.6 Å².